The molecule has 0 bridgehead atoms. The summed E-state index contributed by atoms with van der Waals surface area (Å²) in [5.41, 5.74) is 7.01. The summed E-state index contributed by atoms with van der Waals surface area (Å²) in [6, 6.07) is 12.7. The summed E-state index contributed by atoms with van der Waals surface area (Å²) in [7, 11) is 0.752. The fourth-order valence-electron chi connectivity index (χ4n) is 2.73. The van der Waals surface area contributed by atoms with Crippen LogP contribution in [0.15, 0.2) is 46.4 Å². The quantitative estimate of drug-likeness (QED) is 0.222. The molecule has 0 atom stereocenters. The van der Waals surface area contributed by atoms with Gasteiger partial charge in [-0.3, -0.25) is 0 Å². The summed E-state index contributed by atoms with van der Waals surface area (Å²) >= 11 is 14.4. The zero-order valence-corrected chi connectivity index (χ0v) is 29.1. The molecule has 0 N–H and O–H groups in total. The van der Waals surface area contributed by atoms with Crippen LogP contribution in [0.25, 0.3) is 0 Å². The molecule has 0 amide bonds. The Morgan fingerprint density at radius 1 is 0.806 bits per heavy atom. The van der Waals surface area contributed by atoms with Crippen LogP contribution in [0.4, 0.5) is 11.4 Å². The molecular formula is C21H24Br2I2N2NiS2V. The van der Waals surface area contributed by atoms with Gasteiger partial charge in [-0.2, -0.15) is 0 Å². The van der Waals surface area contributed by atoms with E-state index in [1.165, 1.54) is 33.2 Å². The van der Waals surface area contributed by atoms with Gasteiger partial charge in [0.2, 0.25) is 0 Å². The first-order chi connectivity index (χ1) is 14.7. The van der Waals surface area contributed by atoms with Gasteiger partial charge in [0.25, 0.3) is 0 Å². The predicted molar refractivity (Wildman–Crippen MR) is 164 cm³/mol. The molecule has 10 heteroatoms. The number of para-hydroxylation sites is 2. The maximum absolute atomic E-state index is 4.98. The molecule has 2 aromatic carbocycles. The third-order valence-electron chi connectivity index (χ3n) is 4.05. The van der Waals surface area contributed by atoms with Gasteiger partial charge in [-0.25, -0.2) is 9.98 Å². The van der Waals surface area contributed by atoms with E-state index in [4.69, 9.17) is 9.98 Å². The van der Waals surface area contributed by atoms with E-state index >= 15 is 0 Å². The van der Waals surface area contributed by atoms with Gasteiger partial charge in [0, 0.05) is 11.5 Å². The van der Waals surface area contributed by atoms with Crippen LogP contribution in [0, 0.1) is 27.7 Å². The molecule has 1 saturated heterocycles. The van der Waals surface area contributed by atoms with Crippen molar-refractivity contribution in [3.8, 4) is 0 Å². The van der Waals surface area contributed by atoms with Crippen LogP contribution >= 0.6 is 91.9 Å². The summed E-state index contributed by atoms with van der Waals surface area (Å²) < 4.78 is 0. The van der Waals surface area contributed by atoms with Crippen molar-refractivity contribution in [2.75, 3.05) is 11.5 Å². The number of hydrogen-bond acceptors (Lipinski definition) is 4. The Morgan fingerprint density at radius 3 is 1.32 bits per heavy atom. The van der Waals surface area contributed by atoms with Crippen molar-refractivity contribution in [1.29, 1.82) is 0 Å². The standard InChI is InChI=1S/C20H22N2S2.CH2.2BrH.2HI.Ni.V/c1-13-7-5-8-14(2)17(13)21-19-20(24-12-11-23-19)22-18-15(3)9-6-10-16(18)4;;;;;;;/h5-10H,11-12H2,1-4H3;1H2;4*1H;;/q;;;;;;2*+2/p-4. The van der Waals surface area contributed by atoms with E-state index in [1.807, 2.05) is 23.5 Å². The van der Waals surface area contributed by atoms with Gasteiger partial charge < -0.3 is 0 Å². The number of benzene rings is 2. The average molecular weight is 892 g/mol. The van der Waals surface area contributed by atoms with E-state index in [0.717, 1.165) is 33.0 Å². The van der Waals surface area contributed by atoms with Crippen LogP contribution < -0.4 is 0 Å². The number of aliphatic imine (C=N–C) groups is 2. The van der Waals surface area contributed by atoms with Gasteiger partial charge in [0.05, 0.1) is 11.4 Å². The van der Waals surface area contributed by atoms with Crippen molar-refractivity contribution in [3.05, 3.63) is 58.7 Å². The summed E-state index contributed by atoms with van der Waals surface area (Å²) in [4.78, 5) is 9.96. The Bertz CT molecular complexity index is 845. The molecule has 0 aromatic heterocycles. The topological polar surface area (TPSA) is 24.7 Å². The second-order valence-corrected chi connectivity index (χ2v) is 31.7. The molecule has 1 heterocycles. The second kappa shape index (κ2) is 17.3. The van der Waals surface area contributed by atoms with Crippen molar-refractivity contribution < 1.29 is 18.8 Å². The van der Waals surface area contributed by atoms with Crippen LogP contribution in [-0.2, 0) is 18.8 Å². The number of nitrogens with zero attached hydrogens (tertiary/aromatic N) is 2. The Kier molecular flexibility index (Phi) is 17.2. The molecular weight excluding hydrogens is 868 g/mol. The minimum absolute atomic E-state index is 0.498. The van der Waals surface area contributed by atoms with Crippen LogP contribution in [0.2, 0.25) is 0 Å². The second-order valence-electron chi connectivity index (χ2n) is 6.36. The molecule has 3 rings (SSSR count). The number of rotatable bonds is 2. The summed E-state index contributed by atoms with van der Waals surface area (Å²) in [6.07, 6.45) is 0. The van der Waals surface area contributed by atoms with Gasteiger partial charge in [0.15, 0.2) is 0 Å². The first-order valence-electron chi connectivity index (χ1n) is 9.01. The fraction of sp³-hybridized carbons (Fsp3) is 0.286. The summed E-state index contributed by atoms with van der Waals surface area (Å²) in [5.74, 6) is 2.17. The molecule has 173 valence electrons. The molecule has 2 nitrogen and oxygen atoms in total. The molecule has 1 aliphatic rings. The SMILES string of the molecule is Cc1cccc(C)c1N=C1SCCSC1=Nc1c(C)cccc1C.[Br][Ni][Br].[CH2]=[V]([I])[I]. The van der Waals surface area contributed by atoms with Crippen molar-refractivity contribution in [2.24, 2.45) is 9.98 Å². The minimum atomic E-state index is -0.498. The molecule has 1 aliphatic heterocycles. The van der Waals surface area contributed by atoms with E-state index in [-0.39, 0.29) is 0 Å². The number of thioether (sulfide) groups is 2. The summed E-state index contributed by atoms with van der Waals surface area (Å²) in [6.45, 7) is 8.48. The molecule has 0 aliphatic carbocycles. The molecule has 31 heavy (non-hydrogen) atoms. The first-order valence-corrected chi connectivity index (χ1v) is 25.9. The molecule has 2 aromatic rings. The third kappa shape index (κ3) is 11.9. The van der Waals surface area contributed by atoms with Gasteiger partial charge in [0.1, 0.15) is 10.1 Å². The van der Waals surface area contributed by atoms with E-state index < -0.39 is 7.89 Å². The van der Waals surface area contributed by atoms with Crippen molar-refractivity contribution in [3.63, 3.8) is 0 Å². The van der Waals surface area contributed by atoms with Gasteiger partial charge in [-0.15, -0.1) is 23.5 Å². The van der Waals surface area contributed by atoms with Crippen molar-refractivity contribution >= 4 is 119 Å². The Morgan fingerprint density at radius 2 is 1.06 bits per heavy atom. The monoisotopic (exact) mass is 889 g/mol. The van der Waals surface area contributed by atoms with Crippen molar-refractivity contribution in [1.82, 2.24) is 0 Å². The van der Waals surface area contributed by atoms with Gasteiger partial charge in [-0.1, -0.05) is 36.4 Å². The van der Waals surface area contributed by atoms with E-state index in [9.17, 15) is 0 Å². The van der Waals surface area contributed by atoms with Crippen LogP contribution in [-0.4, -0.2) is 26.8 Å². The van der Waals surface area contributed by atoms with E-state index in [0.29, 0.717) is 0 Å². The fourth-order valence-corrected chi connectivity index (χ4v) is 4.78. The zero-order chi connectivity index (χ0) is 23.4. The third-order valence-corrected chi connectivity index (χ3v) is 6.37. The Hall–Kier alpha value is 1.85. The van der Waals surface area contributed by atoms with E-state index in [2.05, 4.69) is 138 Å². The molecule has 0 saturated carbocycles. The Labute approximate surface area is 241 Å². The normalized spacial score (nSPS) is 15.7. The first kappa shape index (κ1) is 30.9. The molecule has 0 spiro atoms. The van der Waals surface area contributed by atoms with Gasteiger partial charge in [-0.05, 0) is 49.9 Å². The maximum atomic E-state index is 4.98. The van der Waals surface area contributed by atoms with Crippen LogP contribution in [0.3, 0.4) is 0 Å². The summed E-state index contributed by atoms with van der Waals surface area (Å²) in [5, 5.41) is 5.85. The molecule has 1 fully saturated rings. The predicted octanol–water partition coefficient (Wildman–Crippen LogP) is 9.59. The van der Waals surface area contributed by atoms with E-state index in [1.54, 1.807) is 0 Å². The van der Waals surface area contributed by atoms with Crippen LogP contribution in [0.1, 0.15) is 22.3 Å². The van der Waals surface area contributed by atoms with Crippen LogP contribution in [0.5, 0.6) is 0 Å². The molecule has 0 unspecified atom stereocenters. The number of aryl methyl sites for hydroxylation is 4. The van der Waals surface area contributed by atoms with Crippen molar-refractivity contribution in [2.45, 2.75) is 27.7 Å². The number of hydrogen-bond donors (Lipinski definition) is 0. The number of halogens is 4. The average Bonchev–Trinajstić information content (AvgIpc) is 2.69. The molecule has 0 radical (unpaired) electrons. The Balaban J connectivity index is 0.000000604. The van der Waals surface area contributed by atoms with Gasteiger partial charge >= 0.3 is 92.4 Å². The zero-order valence-electron chi connectivity index (χ0n) is 17.6.